The lowest BCUT2D eigenvalue weighted by molar-refractivity contribution is 0.0601. The lowest BCUT2D eigenvalue weighted by atomic mass is 9.88. The molecule has 0 saturated carbocycles. The largest absolute Gasteiger partial charge is 0.465 e. The van der Waals surface area contributed by atoms with E-state index < -0.39 is 11.9 Å². The van der Waals surface area contributed by atoms with Gasteiger partial charge in [-0.15, -0.1) is 11.3 Å². The maximum absolute atomic E-state index is 12.3. The molecule has 2 aromatic heterocycles. The molecule has 2 aromatic rings. The number of nitrogens with one attached hydrogen (secondary N) is 1. The van der Waals surface area contributed by atoms with Gasteiger partial charge in [0, 0.05) is 10.9 Å². The number of amides is 1. The number of hydrogen-bond acceptors (Lipinski definition) is 6. The van der Waals surface area contributed by atoms with Crippen LogP contribution in [0, 0.1) is 12.8 Å². The van der Waals surface area contributed by atoms with Crippen LogP contribution >= 0.6 is 11.3 Å². The number of hydrogen-bond donors (Lipinski definition) is 1. The molecule has 1 aliphatic rings. The van der Waals surface area contributed by atoms with Crippen LogP contribution in [0.15, 0.2) is 10.6 Å². The Balaban J connectivity index is 1.95. The van der Waals surface area contributed by atoms with Crippen molar-refractivity contribution in [2.24, 2.45) is 5.92 Å². The van der Waals surface area contributed by atoms with Gasteiger partial charge in [0.1, 0.15) is 10.8 Å². The Kier molecular flexibility index (Phi) is 4.21. The molecular formula is C16H18N2O4S. The second-order valence-electron chi connectivity index (χ2n) is 5.82. The molecule has 2 heterocycles. The maximum atomic E-state index is 12.3. The van der Waals surface area contributed by atoms with Gasteiger partial charge in [-0.3, -0.25) is 4.79 Å². The molecular weight excluding hydrogens is 316 g/mol. The first-order chi connectivity index (χ1) is 11.0. The molecule has 23 heavy (non-hydrogen) atoms. The SMILES string of the molecule is COC(=O)c1c(NC(=O)c2cc(C)on2)sc2c1CC[C@H](C)C2. The number of esters is 1. The van der Waals surface area contributed by atoms with Crippen LogP contribution in [0.25, 0.3) is 0 Å². The van der Waals surface area contributed by atoms with Gasteiger partial charge >= 0.3 is 5.97 Å². The summed E-state index contributed by atoms with van der Waals surface area (Å²) in [4.78, 5) is 25.6. The Hall–Kier alpha value is -2.15. The molecule has 7 heteroatoms. The number of rotatable bonds is 3. The molecule has 1 aliphatic carbocycles. The Morgan fingerprint density at radius 3 is 2.91 bits per heavy atom. The topological polar surface area (TPSA) is 81.4 Å². The minimum Gasteiger partial charge on any atom is -0.465 e. The van der Waals surface area contributed by atoms with Crippen molar-refractivity contribution in [2.75, 3.05) is 12.4 Å². The van der Waals surface area contributed by atoms with Crippen molar-refractivity contribution in [3.63, 3.8) is 0 Å². The minimum absolute atomic E-state index is 0.193. The van der Waals surface area contributed by atoms with Crippen molar-refractivity contribution in [3.8, 4) is 0 Å². The van der Waals surface area contributed by atoms with Gasteiger partial charge < -0.3 is 14.6 Å². The van der Waals surface area contributed by atoms with Crippen molar-refractivity contribution < 1.29 is 18.8 Å². The fourth-order valence-electron chi connectivity index (χ4n) is 2.80. The quantitative estimate of drug-likeness (QED) is 0.872. The van der Waals surface area contributed by atoms with E-state index in [1.807, 2.05) is 0 Å². The van der Waals surface area contributed by atoms with Gasteiger partial charge in [0.25, 0.3) is 5.91 Å². The molecule has 0 radical (unpaired) electrons. The third-order valence-electron chi connectivity index (χ3n) is 3.99. The summed E-state index contributed by atoms with van der Waals surface area (Å²) in [6.45, 7) is 3.91. The van der Waals surface area contributed by atoms with Gasteiger partial charge in [-0.25, -0.2) is 4.79 Å². The third-order valence-corrected chi connectivity index (χ3v) is 5.16. The first-order valence-electron chi connectivity index (χ1n) is 7.47. The lowest BCUT2D eigenvalue weighted by Gasteiger charge is -2.18. The van der Waals surface area contributed by atoms with E-state index in [1.54, 1.807) is 13.0 Å². The standard InChI is InChI=1S/C16H18N2O4S/c1-8-4-5-10-12(6-8)23-15(13(10)16(20)21-3)17-14(19)11-7-9(2)22-18-11/h7-8H,4-6H2,1-3H3,(H,17,19)/t8-/m0/s1. The number of fused-ring (bicyclic) bond motifs is 1. The van der Waals surface area contributed by atoms with E-state index in [1.165, 1.54) is 18.4 Å². The number of carbonyl (C=O) groups is 2. The van der Waals surface area contributed by atoms with Gasteiger partial charge in [0.05, 0.1) is 12.7 Å². The monoisotopic (exact) mass is 334 g/mol. The van der Waals surface area contributed by atoms with E-state index >= 15 is 0 Å². The Labute approximate surface area is 137 Å². The molecule has 3 rings (SSSR count). The van der Waals surface area contributed by atoms with E-state index in [2.05, 4.69) is 17.4 Å². The third kappa shape index (κ3) is 3.01. The molecule has 0 saturated heterocycles. The van der Waals surface area contributed by atoms with Crippen LogP contribution in [-0.2, 0) is 17.6 Å². The molecule has 0 bridgehead atoms. The van der Waals surface area contributed by atoms with Crippen molar-refractivity contribution in [3.05, 3.63) is 33.5 Å². The van der Waals surface area contributed by atoms with E-state index in [0.29, 0.717) is 22.2 Å². The van der Waals surface area contributed by atoms with Gasteiger partial charge in [-0.2, -0.15) is 0 Å². The second kappa shape index (κ2) is 6.16. The lowest BCUT2D eigenvalue weighted by Crippen LogP contribution is -2.16. The van der Waals surface area contributed by atoms with Crippen LogP contribution in [0.5, 0.6) is 0 Å². The van der Waals surface area contributed by atoms with Crippen LogP contribution in [0.4, 0.5) is 5.00 Å². The zero-order valence-electron chi connectivity index (χ0n) is 13.3. The molecule has 0 spiro atoms. The fraction of sp³-hybridized carbons (Fsp3) is 0.438. The Morgan fingerprint density at radius 1 is 1.48 bits per heavy atom. The molecule has 122 valence electrons. The minimum atomic E-state index is -0.413. The molecule has 1 N–H and O–H groups in total. The number of aryl methyl sites for hydroxylation is 1. The number of methoxy groups -OCH3 is 1. The van der Waals surface area contributed by atoms with E-state index in [9.17, 15) is 9.59 Å². The van der Waals surface area contributed by atoms with Gasteiger partial charge in [0.2, 0.25) is 0 Å². The Morgan fingerprint density at radius 2 is 2.26 bits per heavy atom. The predicted molar refractivity (Wildman–Crippen MR) is 86.0 cm³/mol. The molecule has 1 atom stereocenters. The average Bonchev–Trinajstić information content (AvgIpc) is 3.09. The van der Waals surface area contributed by atoms with Crippen molar-refractivity contribution in [1.82, 2.24) is 5.16 Å². The smallest absolute Gasteiger partial charge is 0.341 e. The molecule has 0 aromatic carbocycles. The summed E-state index contributed by atoms with van der Waals surface area (Å²) in [6, 6.07) is 1.56. The van der Waals surface area contributed by atoms with Crippen LogP contribution < -0.4 is 5.32 Å². The van der Waals surface area contributed by atoms with Crippen molar-refractivity contribution >= 4 is 28.2 Å². The summed E-state index contributed by atoms with van der Waals surface area (Å²) in [6.07, 6.45) is 2.78. The highest BCUT2D eigenvalue weighted by Crippen LogP contribution is 2.40. The van der Waals surface area contributed by atoms with Gasteiger partial charge in [-0.1, -0.05) is 12.1 Å². The fourth-order valence-corrected chi connectivity index (χ4v) is 4.19. The summed E-state index contributed by atoms with van der Waals surface area (Å²) < 4.78 is 9.82. The first kappa shape index (κ1) is 15.7. The summed E-state index contributed by atoms with van der Waals surface area (Å²) in [5.74, 6) is 0.332. The summed E-state index contributed by atoms with van der Waals surface area (Å²) in [5, 5.41) is 7.01. The number of carbonyl (C=O) groups excluding carboxylic acids is 2. The predicted octanol–water partition coefficient (Wildman–Crippen LogP) is 3.21. The average molecular weight is 334 g/mol. The van der Waals surface area contributed by atoms with E-state index in [0.717, 1.165) is 29.7 Å². The first-order valence-corrected chi connectivity index (χ1v) is 8.28. The van der Waals surface area contributed by atoms with Gasteiger partial charge in [-0.05, 0) is 37.7 Å². The number of ether oxygens (including phenoxy) is 1. The van der Waals surface area contributed by atoms with Crippen LogP contribution in [0.2, 0.25) is 0 Å². The molecule has 6 nitrogen and oxygen atoms in total. The van der Waals surface area contributed by atoms with E-state index in [-0.39, 0.29) is 5.69 Å². The van der Waals surface area contributed by atoms with E-state index in [4.69, 9.17) is 9.26 Å². The summed E-state index contributed by atoms with van der Waals surface area (Å²) in [7, 11) is 1.35. The summed E-state index contributed by atoms with van der Waals surface area (Å²) >= 11 is 1.45. The molecule has 0 fully saturated rings. The van der Waals surface area contributed by atoms with Crippen LogP contribution in [-0.4, -0.2) is 24.1 Å². The normalized spacial score (nSPS) is 16.7. The maximum Gasteiger partial charge on any atom is 0.341 e. The number of nitrogens with zero attached hydrogens (tertiary/aromatic N) is 1. The Bertz CT molecular complexity index is 762. The number of aromatic nitrogens is 1. The highest BCUT2D eigenvalue weighted by atomic mass is 32.1. The number of anilines is 1. The van der Waals surface area contributed by atoms with Crippen LogP contribution in [0.1, 0.15) is 50.4 Å². The highest BCUT2D eigenvalue weighted by molar-refractivity contribution is 7.17. The molecule has 0 unspecified atom stereocenters. The number of thiophene rings is 1. The van der Waals surface area contributed by atoms with Gasteiger partial charge in [0.15, 0.2) is 5.69 Å². The highest BCUT2D eigenvalue weighted by Gasteiger charge is 2.29. The van der Waals surface area contributed by atoms with Crippen molar-refractivity contribution in [1.29, 1.82) is 0 Å². The van der Waals surface area contributed by atoms with Crippen molar-refractivity contribution in [2.45, 2.75) is 33.1 Å². The summed E-state index contributed by atoms with van der Waals surface area (Å²) in [5.41, 5.74) is 1.68. The zero-order valence-corrected chi connectivity index (χ0v) is 14.1. The molecule has 1 amide bonds. The molecule has 0 aliphatic heterocycles. The zero-order chi connectivity index (χ0) is 16.6. The van der Waals surface area contributed by atoms with Crippen LogP contribution in [0.3, 0.4) is 0 Å². The second-order valence-corrected chi connectivity index (χ2v) is 6.93.